The lowest BCUT2D eigenvalue weighted by molar-refractivity contribution is 0.189. The molecule has 0 aromatic heterocycles. The molecule has 1 saturated carbocycles. The second-order valence-electron chi connectivity index (χ2n) is 6.69. The summed E-state index contributed by atoms with van der Waals surface area (Å²) in [5.74, 6) is 0. The van der Waals surface area contributed by atoms with Crippen LogP contribution in [0.5, 0.6) is 0 Å². The SMILES string of the molecule is CCC1CCC(C)N1CCCC(C)(C#N)NC1CC1. The number of nitrogens with one attached hydrogen (secondary N) is 1. The zero-order valence-corrected chi connectivity index (χ0v) is 12.8. The summed E-state index contributed by atoms with van der Waals surface area (Å²) >= 11 is 0. The summed E-state index contributed by atoms with van der Waals surface area (Å²) in [7, 11) is 0. The average molecular weight is 263 g/mol. The molecule has 0 radical (unpaired) electrons. The highest BCUT2D eigenvalue weighted by molar-refractivity contribution is 5.07. The molecule has 1 heterocycles. The second kappa shape index (κ2) is 6.24. The van der Waals surface area contributed by atoms with Crippen LogP contribution in [0.3, 0.4) is 0 Å². The highest BCUT2D eigenvalue weighted by Crippen LogP contribution is 2.28. The molecule has 2 fully saturated rings. The molecule has 1 N–H and O–H groups in total. The van der Waals surface area contributed by atoms with Crippen LogP contribution in [0.4, 0.5) is 0 Å². The first kappa shape index (κ1) is 14.8. The molecule has 1 aliphatic heterocycles. The van der Waals surface area contributed by atoms with Crippen molar-refractivity contribution in [2.45, 2.75) is 89.4 Å². The van der Waals surface area contributed by atoms with Gasteiger partial charge in [0.2, 0.25) is 0 Å². The Morgan fingerprint density at radius 1 is 1.32 bits per heavy atom. The van der Waals surface area contributed by atoms with Gasteiger partial charge in [-0.25, -0.2) is 0 Å². The van der Waals surface area contributed by atoms with Crippen molar-refractivity contribution in [2.24, 2.45) is 0 Å². The number of rotatable bonds is 7. The van der Waals surface area contributed by atoms with Gasteiger partial charge in [0.25, 0.3) is 0 Å². The van der Waals surface area contributed by atoms with E-state index in [2.05, 4.69) is 37.1 Å². The van der Waals surface area contributed by atoms with Crippen molar-refractivity contribution >= 4 is 0 Å². The van der Waals surface area contributed by atoms with Gasteiger partial charge in [-0.1, -0.05) is 6.92 Å². The molecule has 0 amide bonds. The predicted octanol–water partition coefficient (Wildman–Crippen LogP) is 3.06. The first-order chi connectivity index (χ1) is 9.08. The molecule has 0 bridgehead atoms. The van der Waals surface area contributed by atoms with E-state index in [9.17, 15) is 5.26 Å². The quantitative estimate of drug-likeness (QED) is 0.767. The van der Waals surface area contributed by atoms with Crippen molar-refractivity contribution < 1.29 is 0 Å². The number of hydrogen-bond acceptors (Lipinski definition) is 3. The Kier molecular flexibility index (Phi) is 4.86. The summed E-state index contributed by atoms with van der Waals surface area (Å²) in [6.45, 7) is 7.87. The molecule has 0 aromatic rings. The summed E-state index contributed by atoms with van der Waals surface area (Å²) in [5, 5.41) is 12.9. The van der Waals surface area contributed by atoms with Crippen LogP contribution in [0.15, 0.2) is 0 Å². The molecule has 2 aliphatic rings. The van der Waals surface area contributed by atoms with Crippen LogP contribution in [0, 0.1) is 11.3 Å². The first-order valence-electron chi connectivity index (χ1n) is 8.02. The lowest BCUT2D eigenvalue weighted by Crippen LogP contribution is -2.43. The van der Waals surface area contributed by atoms with Gasteiger partial charge in [0.15, 0.2) is 0 Å². The van der Waals surface area contributed by atoms with Crippen molar-refractivity contribution in [3.05, 3.63) is 0 Å². The molecular weight excluding hydrogens is 234 g/mol. The molecule has 2 rings (SSSR count). The molecule has 3 nitrogen and oxygen atoms in total. The third-order valence-corrected chi connectivity index (χ3v) is 4.86. The lowest BCUT2D eigenvalue weighted by atomic mass is 9.97. The molecule has 3 atom stereocenters. The monoisotopic (exact) mass is 263 g/mol. The van der Waals surface area contributed by atoms with E-state index >= 15 is 0 Å². The van der Waals surface area contributed by atoms with Crippen LogP contribution in [-0.4, -0.2) is 35.1 Å². The van der Waals surface area contributed by atoms with Gasteiger partial charge in [-0.05, 0) is 65.3 Å². The Morgan fingerprint density at radius 2 is 2.05 bits per heavy atom. The minimum Gasteiger partial charge on any atom is -0.298 e. The van der Waals surface area contributed by atoms with E-state index in [0.29, 0.717) is 6.04 Å². The zero-order chi connectivity index (χ0) is 13.9. The number of hydrogen-bond donors (Lipinski definition) is 1. The summed E-state index contributed by atoms with van der Waals surface area (Å²) in [6, 6.07) is 4.60. The Morgan fingerprint density at radius 3 is 2.63 bits per heavy atom. The number of likely N-dealkylation sites (tertiary alicyclic amines) is 1. The first-order valence-corrected chi connectivity index (χ1v) is 8.02. The highest BCUT2D eigenvalue weighted by atomic mass is 15.2. The van der Waals surface area contributed by atoms with E-state index in [1.54, 1.807) is 0 Å². The molecule has 0 spiro atoms. The predicted molar refractivity (Wildman–Crippen MR) is 78.9 cm³/mol. The van der Waals surface area contributed by atoms with Crippen LogP contribution < -0.4 is 5.32 Å². The molecular formula is C16H29N3. The van der Waals surface area contributed by atoms with Crippen molar-refractivity contribution in [2.75, 3.05) is 6.54 Å². The fraction of sp³-hybridized carbons (Fsp3) is 0.938. The van der Waals surface area contributed by atoms with Gasteiger partial charge in [0.05, 0.1) is 6.07 Å². The van der Waals surface area contributed by atoms with Crippen molar-refractivity contribution in [1.29, 1.82) is 5.26 Å². The Labute approximate surface area is 118 Å². The van der Waals surface area contributed by atoms with Crippen LogP contribution >= 0.6 is 0 Å². The maximum absolute atomic E-state index is 9.38. The largest absolute Gasteiger partial charge is 0.298 e. The third-order valence-electron chi connectivity index (χ3n) is 4.86. The molecule has 19 heavy (non-hydrogen) atoms. The Balaban J connectivity index is 1.76. The van der Waals surface area contributed by atoms with E-state index in [0.717, 1.165) is 31.5 Å². The van der Waals surface area contributed by atoms with Gasteiger partial charge in [-0.3, -0.25) is 10.2 Å². The van der Waals surface area contributed by atoms with Crippen molar-refractivity contribution in [3.63, 3.8) is 0 Å². The lowest BCUT2D eigenvalue weighted by Gasteiger charge is -2.29. The average Bonchev–Trinajstić information content (AvgIpc) is 3.13. The topological polar surface area (TPSA) is 39.1 Å². The maximum Gasteiger partial charge on any atom is 0.104 e. The minimum atomic E-state index is -0.314. The van der Waals surface area contributed by atoms with Crippen molar-refractivity contribution in [1.82, 2.24) is 10.2 Å². The molecule has 0 aromatic carbocycles. The molecule has 3 heteroatoms. The standard InChI is InChI=1S/C16H29N3/c1-4-15-9-6-13(2)19(15)11-5-10-16(3,12-17)18-14-7-8-14/h13-15,18H,4-11H2,1-3H3. The van der Waals surface area contributed by atoms with Gasteiger partial charge in [0, 0.05) is 18.1 Å². The highest BCUT2D eigenvalue weighted by Gasteiger charge is 2.33. The Hall–Kier alpha value is -0.590. The fourth-order valence-electron chi connectivity index (χ4n) is 3.42. The number of nitriles is 1. The molecule has 3 unspecified atom stereocenters. The Bertz CT molecular complexity index is 331. The van der Waals surface area contributed by atoms with E-state index < -0.39 is 0 Å². The van der Waals surface area contributed by atoms with Gasteiger partial charge in [0.1, 0.15) is 5.54 Å². The van der Waals surface area contributed by atoms with Crippen LogP contribution in [0.2, 0.25) is 0 Å². The van der Waals surface area contributed by atoms with Gasteiger partial charge >= 0.3 is 0 Å². The summed E-state index contributed by atoms with van der Waals surface area (Å²) in [6.07, 6.45) is 8.56. The van der Waals surface area contributed by atoms with E-state index in [1.165, 1.54) is 32.1 Å². The van der Waals surface area contributed by atoms with E-state index in [1.807, 2.05) is 0 Å². The van der Waals surface area contributed by atoms with Gasteiger partial charge < -0.3 is 0 Å². The molecule has 1 aliphatic carbocycles. The summed E-state index contributed by atoms with van der Waals surface area (Å²) < 4.78 is 0. The zero-order valence-electron chi connectivity index (χ0n) is 12.8. The smallest absolute Gasteiger partial charge is 0.104 e. The minimum absolute atomic E-state index is 0.314. The van der Waals surface area contributed by atoms with E-state index in [4.69, 9.17) is 0 Å². The van der Waals surface area contributed by atoms with Crippen LogP contribution in [-0.2, 0) is 0 Å². The molecule has 108 valence electrons. The third kappa shape index (κ3) is 3.94. The van der Waals surface area contributed by atoms with Gasteiger partial charge in [-0.2, -0.15) is 5.26 Å². The molecule has 1 saturated heterocycles. The van der Waals surface area contributed by atoms with Crippen molar-refractivity contribution in [3.8, 4) is 6.07 Å². The normalized spacial score (nSPS) is 31.1. The number of nitrogens with zero attached hydrogens (tertiary/aromatic N) is 2. The maximum atomic E-state index is 9.38. The van der Waals surface area contributed by atoms with Crippen LogP contribution in [0.1, 0.15) is 65.7 Å². The van der Waals surface area contributed by atoms with Crippen LogP contribution in [0.25, 0.3) is 0 Å². The van der Waals surface area contributed by atoms with E-state index in [-0.39, 0.29) is 5.54 Å². The van der Waals surface area contributed by atoms with Gasteiger partial charge in [-0.15, -0.1) is 0 Å². The second-order valence-corrected chi connectivity index (χ2v) is 6.69. The fourth-order valence-corrected chi connectivity index (χ4v) is 3.42. The summed E-state index contributed by atoms with van der Waals surface area (Å²) in [4.78, 5) is 2.66. The summed E-state index contributed by atoms with van der Waals surface area (Å²) in [5.41, 5.74) is -0.314.